The highest BCUT2D eigenvalue weighted by Crippen LogP contribution is 2.28. The number of hydrogen-bond acceptors (Lipinski definition) is 5. The predicted octanol–water partition coefficient (Wildman–Crippen LogP) is 2.82. The molecule has 1 aliphatic rings. The molecular weight excluding hydrogens is 335 g/mol. The van der Waals surface area contributed by atoms with Crippen LogP contribution in [0.15, 0.2) is 35.1 Å². The molecule has 3 heterocycles. The largest absolute Gasteiger partial charge is 0.401 e. The zero-order chi connectivity index (χ0) is 17.4. The average Bonchev–Trinajstić information content (AvgIpc) is 3.27. The van der Waals surface area contributed by atoms with Gasteiger partial charge in [0.2, 0.25) is 5.89 Å². The third-order valence-corrected chi connectivity index (χ3v) is 4.35. The number of nitrogens with zero attached hydrogens (tertiary/aromatic N) is 5. The van der Waals surface area contributed by atoms with E-state index >= 15 is 0 Å². The molecule has 1 aliphatic heterocycles. The number of likely N-dealkylation sites (tertiary alicyclic amines) is 1. The summed E-state index contributed by atoms with van der Waals surface area (Å²) < 4.78 is 44.6. The van der Waals surface area contributed by atoms with Crippen molar-refractivity contribution in [2.45, 2.75) is 25.1 Å². The summed E-state index contributed by atoms with van der Waals surface area (Å²) >= 11 is 0. The second-order valence-corrected chi connectivity index (χ2v) is 6.25. The Morgan fingerprint density at radius 2 is 2.08 bits per heavy atom. The Kier molecular flexibility index (Phi) is 3.95. The summed E-state index contributed by atoms with van der Waals surface area (Å²) in [6.45, 7) is 0.178. The maximum Gasteiger partial charge on any atom is 0.401 e. The molecule has 0 aliphatic carbocycles. The summed E-state index contributed by atoms with van der Waals surface area (Å²) in [6, 6.07) is 7.71. The van der Waals surface area contributed by atoms with Gasteiger partial charge in [-0.3, -0.25) is 4.90 Å². The van der Waals surface area contributed by atoms with Crippen LogP contribution in [0.4, 0.5) is 13.2 Å². The first-order chi connectivity index (χ1) is 12.0. The number of benzene rings is 1. The summed E-state index contributed by atoms with van der Waals surface area (Å²) in [5, 5.41) is 3.97. The summed E-state index contributed by atoms with van der Waals surface area (Å²) in [6.07, 6.45) is -1.88. The van der Waals surface area contributed by atoms with Crippen molar-refractivity contribution in [1.82, 2.24) is 24.6 Å². The molecule has 6 nitrogen and oxygen atoms in total. The van der Waals surface area contributed by atoms with Crippen LogP contribution in [0.2, 0.25) is 0 Å². The monoisotopic (exact) mass is 351 g/mol. The maximum absolute atomic E-state index is 12.5. The summed E-state index contributed by atoms with van der Waals surface area (Å²) in [5.41, 5.74) is 1.84. The first kappa shape index (κ1) is 16.1. The minimum Gasteiger partial charge on any atom is -0.339 e. The molecule has 3 aromatic rings. The van der Waals surface area contributed by atoms with Crippen molar-refractivity contribution in [1.29, 1.82) is 0 Å². The van der Waals surface area contributed by atoms with E-state index in [1.54, 1.807) is 6.33 Å². The van der Waals surface area contributed by atoms with E-state index in [0.717, 1.165) is 11.0 Å². The van der Waals surface area contributed by atoms with E-state index < -0.39 is 12.7 Å². The molecule has 0 amide bonds. The number of halogens is 3. The van der Waals surface area contributed by atoms with E-state index in [2.05, 4.69) is 15.1 Å². The summed E-state index contributed by atoms with van der Waals surface area (Å²) in [4.78, 5) is 10.1. The van der Waals surface area contributed by atoms with Crippen molar-refractivity contribution in [2.75, 3.05) is 19.6 Å². The maximum atomic E-state index is 12.5. The molecule has 0 bridgehead atoms. The fraction of sp³-hybridized carbons (Fsp3) is 0.438. The molecular formula is C16H16F3N5O. The third kappa shape index (κ3) is 3.51. The SMILES string of the molecule is FC(F)(F)CN1CCC(c2nc(Cn3cnc4ccccc43)no2)C1. The van der Waals surface area contributed by atoms with Crippen LogP contribution in [-0.4, -0.2) is 50.4 Å². The lowest BCUT2D eigenvalue weighted by molar-refractivity contribution is -0.143. The molecule has 4 rings (SSSR count). The zero-order valence-electron chi connectivity index (χ0n) is 13.3. The molecule has 1 fully saturated rings. The molecule has 1 atom stereocenters. The Morgan fingerprint density at radius 3 is 2.92 bits per heavy atom. The predicted molar refractivity (Wildman–Crippen MR) is 83.0 cm³/mol. The van der Waals surface area contributed by atoms with Crippen molar-refractivity contribution < 1.29 is 17.7 Å². The van der Waals surface area contributed by atoms with Crippen LogP contribution in [0, 0.1) is 0 Å². The van der Waals surface area contributed by atoms with Crippen molar-refractivity contribution in [2.24, 2.45) is 0 Å². The van der Waals surface area contributed by atoms with Gasteiger partial charge in [-0.25, -0.2) is 4.98 Å². The number of aromatic nitrogens is 4. The van der Waals surface area contributed by atoms with Crippen LogP contribution in [0.25, 0.3) is 11.0 Å². The number of fused-ring (bicyclic) bond motifs is 1. The van der Waals surface area contributed by atoms with Gasteiger partial charge in [0.1, 0.15) is 0 Å². The van der Waals surface area contributed by atoms with Crippen molar-refractivity contribution in [3.05, 3.63) is 42.3 Å². The van der Waals surface area contributed by atoms with Gasteiger partial charge in [-0.05, 0) is 25.1 Å². The van der Waals surface area contributed by atoms with Gasteiger partial charge >= 0.3 is 6.18 Å². The lowest BCUT2D eigenvalue weighted by atomic mass is 10.1. The summed E-state index contributed by atoms with van der Waals surface area (Å²) in [7, 11) is 0. The van der Waals surface area contributed by atoms with Crippen LogP contribution in [0.1, 0.15) is 24.1 Å². The number of imidazole rings is 1. The van der Waals surface area contributed by atoms with E-state index in [1.165, 1.54) is 4.90 Å². The smallest absolute Gasteiger partial charge is 0.339 e. The van der Waals surface area contributed by atoms with Gasteiger partial charge in [0.05, 0.1) is 36.4 Å². The number of para-hydroxylation sites is 2. The van der Waals surface area contributed by atoms with Crippen molar-refractivity contribution in [3.8, 4) is 0 Å². The molecule has 0 N–H and O–H groups in total. The van der Waals surface area contributed by atoms with E-state index in [1.807, 2.05) is 28.8 Å². The zero-order valence-corrected chi connectivity index (χ0v) is 13.3. The second-order valence-electron chi connectivity index (χ2n) is 6.25. The van der Waals surface area contributed by atoms with Gasteiger partial charge in [0.25, 0.3) is 0 Å². The fourth-order valence-electron chi connectivity index (χ4n) is 3.22. The quantitative estimate of drug-likeness (QED) is 0.723. The Balaban J connectivity index is 1.44. The normalized spacial score (nSPS) is 19.1. The number of rotatable bonds is 4. The first-order valence-electron chi connectivity index (χ1n) is 7.99. The van der Waals surface area contributed by atoms with Crippen LogP contribution < -0.4 is 0 Å². The Bertz CT molecular complexity index is 872. The minimum atomic E-state index is -4.18. The van der Waals surface area contributed by atoms with E-state index in [9.17, 15) is 13.2 Å². The molecule has 0 saturated carbocycles. The van der Waals surface area contributed by atoms with Gasteiger partial charge in [0, 0.05) is 6.54 Å². The van der Waals surface area contributed by atoms with Crippen LogP contribution >= 0.6 is 0 Å². The minimum absolute atomic E-state index is 0.150. The molecule has 9 heteroatoms. The van der Waals surface area contributed by atoms with Gasteiger partial charge in [-0.1, -0.05) is 17.3 Å². The van der Waals surface area contributed by atoms with Gasteiger partial charge in [0.15, 0.2) is 5.82 Å². The first-order valence-corrected chi connectivity index (χ1v) is 7.99. The lowest BCUT2D eigenvalue weighted by Crippen LogP contribution is -2.32. The Morgan fingerprint density at radius 1 is 1.24 bits per heavy atom. The van der Waals surface area contributed by atoms with Gasteiger partial charge in [-0.15, -0.1) is 0 Å². The summed E-state index contributed by atoms with van der Waals surface area (Å²) in [5.74, 6) is 0.750. The highest BCUT2D eigenvalue weighted by molar-refractivity contribution is 5.74. The molecule has 1 saturated heterocycles. The Labute approximate surface area is 141 Å². The molecule has 25 heavy (non-hydrogen) atoms. The van der Waals surface area contributed by atoms with Crippen LogP contribution in [0.3, 0.4) is 0 Å². The second kappa shape index (κ2) is 6.14. The molecule has 132 valence electrons. The fourth-order valence-corrected chi connectivity index (χ4v) is 3.22. The van der Waals surface area contributed by atoms with Crippen LogP contribution in [-0.2, 0) is 6.54 Å². The van der Waals surface area contributed by atoms with E-state index in [-0.39, 0.29) is 12.5 Å². The standard InChI is InChI=1S/C16H16F3N5O/c17-16(18,19)9-23-6-5-11(7-23)15-21-14(22-25-15)8-24-10-20-12-3-1-2-4-13(12)24/h1-4,10-11H,5-9H2. The molecule has 1 aromatic carbocycles. The van der Waals surface area contributed by atoms with Crippen molar-refractivity contribution >= 4 is 11.0 Å². The number of alkyl halides is 3. The highest BCUT2D eigenvalue weighted by Gasteiger charge is 2.36. The average molecular weight is 351 g/mol. The Hall–Kier alpha value is -2.42. The lowest BCUT2D eigenvalue weighted by Gasteiger charge is -2.16. The van der Waals surface area contributed by atoms with Gasteiger partial charge < -0.3 is 9.09 Å². The van der Waals surface area contributed by atoms with Crippen LogP contribution in [0.5, 0.6) is 0 Å². The molecule has 0 radical (unpaired) electrons. The topological polar surface area (TPSA) is 60.0 Å². The van der Waals surface area contributed by atoms with Gasteiger partial charge in [-0.2, -0.15) is 18.2 Å². The molecule has 2 aromatic heterocycles. The highest BCUT2D eigenvalue weighted by atomic mass is 19.4. The number of hydrogen-bond donors (Lipinski definition) is 0. The molecule has 1 unspecified atom stereocenters. The van der Waals surface area contributed by atoms with Crippen molar-refractivity contribution in [3.63, 3.8) is 0 Å². The third-order valence-electron chi connectivity index (χ3n) is 4.35. The van der Waals surface area contributed by atoms with E-state index in [0.29, 0.717) is 31.2 Å². The van der Waals surface area contributed by atoms with E-state index in [4.69, 9.17) is 4.52 Å². The molecule has 0 spiro atoms.